The second-order valence-corrected chi connectivity index (χ2v) is 8.78. The number of carbonyl (C=O) groups excluding carboxylic acids is 4. The summed E-state index contributed by atoms with van der Waals surface area (Å²) in [5.74, 6) is -0.895. The predicted octanol–water partition coefficient (Wildman–Crippen LogP) is 3.86. The van der Waals surface area contributed by atoms with Crippen LogP contribution < -0.4 is 14.8 Å². The normalized spacial score (nSPS) is 15.1. The van der Waals surface area contributed by atoms with E-state index in [1.165, 1.54) is 21.3 Å². The molecule has 2 aliphatic rings. The van der Waals surface area contributed by atoms with Crippen molar-refractivity contribution in [2.45, 2.75) is 0 Å². The average Bonchev–Trinajstić information content (AvgIpc) is 2.87. The number of hydrogen-bond donors (Lipinski definition) is 1. The maximum atomic E-state index is 13.1. The number of imide groups is 2. The quantitative estimate of drug-likeness (QED) is 0.242. The van der Waals surface area contributed by atoms with E-state index in [2.05, 4.69) is 5.32 Å². The van der Waals surface area contributed by atoms with E-state index in [-0.39, 0.29) is 5.91 Å². The van der Waals surface area contributed by atoms with Gasteiger partial charge in [0.05, 0.1) is 25.3 Å². The van der Waals surface area contributed by atoms with Gasteiger partial charge in [-0.05, 0) is 35.0 Å². The molecule has 35 heavy (non-hydrogen) atoms. The first kappa shape index (κ1) is 19.7. The van der Waals surface area contributed by atoms with Gasteiger partial charge < -0.3 is 9.47 Å². The Kier molecular flexibility index (Phi) is 3.51. The van der Waals surface area contributed by atoms with Crippen LogP contribution in [0.1, 0.15) is 41.4 Å². The van der Waals surface area contributed by atoms with Gasteiger partial charge in [-0.3, -0.25) is 29.4 Å². The van der Waals surface area contributed by atoms with Crippen molar-refractivity contribution in [1.29, 1.82) is 0 Å². The van der Waals surface area contributed by atoms with Crippen molar-refractivity contribution in [3.05, 3.63) is 58.7 Å². The summed E-state index contributed by atoms with van der Waals surface area (Å²) in [4.78, 5) is 52.7. The van der Waals surface area contributed by atoms with Gasteiger partial charge in [0, 0.05) is 50.5 Å². The molecule has 0 saturated heterocycles. The van der Waals surface area contributed by atoms with Gasteiger partial charge in [0.1, 0.15) is 11.5 Å². The molecule has 0 bridgehead atoms. The highest BCUT2D eigenvalue weighted by Crippen LogP contribution is 2.51. The Bertz CT molecular complexity index is 1890. The summed E-state index contributed by atoms with van der Waals surface area (Å²) in [5.41, 5.74) is 1.54. The summed E-state index contributed by atoms with van der Waals surface area (Å²) in [6, 6.07) is 10.4. The van der Waals surface area contributed by atoms with Gasteiger partial charge in [-0.15, -0.1) is 0 Å². The van der Waals surface area contributed by atoms with Gasteiger partial charge in [-0.25, -0.2) is 0 Å². The lowest BCUT2D eigenvalue weighted by Crippen LogP contribution is -2.37. The summed E-state index contributed by atoms with van der Waals surface area (Å²) in [6.45, 7) is 0. The molecule has 5 aromatic carbocycles. The third-order valence-electron chi connectivity index (χ3n) is 7.26. The molecule has 4 amide bonds. The van der Waals surface area contributed by atoms with Crippen molar-refractivity contribution in [1.82, 2.24) is 10.2 Å². The molecular formula is C27H16N2O6. The highest BCUT2D eigenvalue weighted by Gasteiger charge is 2.35. The molecule has 1 N–H and O–H groups in total. The van der Waals surface area contributed by atoms with Gasteiger partial charge in [-0.1, -0.05) is 12.1 Å². The van der Waals surface area contributed by atoms with Crippen molar-refractivity contribution in [3.63, 3.8) is 0 Å². The van der Waals surface area contributed by atoms with Crippen LogP contribution in [0, 0.1) is 0 Å². The molecule has 0 aliphatic carbocycles. The molecule has 0 unspecified atom stereocenters. The Balaban J connectivity index is 1.86. The third-order valence-corrected chi connectivity index (χ3v) is 7.26. The lowest BCUT2D eigenvalue weighted by Gasteiger charge is -2.28. The van der Waals surface area contributed by atoms with E-state index in [0.717, 1.165) is 15.7 Å². The maximum Gasteiger partial charge on any atom is 0.261 e. The van der Waals surface area contributed by atoms with Crippen LogP contribution in [0.4, 0.5) is 0 Å². The van der Waals surface area contributed by atoms with Crippen LogP contribution >= 0.6 is 0 Å². The van der Waals surface area contributed by atoms with Crippen molar-refractivity contribution < 1.29 is 28.7 Å². The van der Waals surface area contributed by atoms with E-state index < -0.39 is 17.7 Å². The third kappa shape index (κ3) is 2.12. The van der Waals surface area contributed by atoms with Crippen LogP contribution in [0.3, 0.4) is 0 Å². The molecule has 5 aromatic rings. The number of nitrogens with zero attached hydrogens (tertiary/aromatic N) is 1. The fraction of sp³-hybridized carbons (Fsp3) is 0.111. The van der Waals surface area contributed by atoms with Crippen molar-refractivity contribution in [2.24, 2.45) is 0 Å². The first-order valence-electron chi connectivity index (χ1n) is 10.9. The fourth-order valence-corrected chi connectivity index (χ4v) is 5.76. The van der Waals surface area contributed by atoms with E-state index in [4.69, 9.17) is 9.47 Å². The first-order valence-corrected chi connectivity index (χ1v) is 10.9. The summed E-state index contributed by atoms with van der Waals surface area (Å²) >= 11 is 0. The smallest absolute Gasteiger partial charge is 0.261 e. The molecule has 0 atom stereocenters. The molecule has 0 saturated carbocycles. The van der Waals surface area contributed by atoms with E-state index in [1.54, 1.807) is 24.3 Å². The van der Waals surface area contributed by atoms with Crippen LogP contribution in [-0.2, 0) is 0 Å². The molecule has 0 aromatic heterocycles. The number of benzene rings is 5. The fourth-order valence-electron chi connectivity index (χ4n) is 5.76. The molecule has 170 valence electrons. The van der Waals surface area contributed by atoms with E-state index in [1.807, 2.05) is 12.1 Å². The minimum absolute atomic E-state index is 0.344. The second kappa shape index (κ2) is 6.24. The van der Waals surface area contributed by atoms with Crippen LogP contribution in [0.5, 0.6) is 11.5 Å². The molecule has 8 nitrogen and oxygen atoms in total. The van der Waals surface area contributed by atoms with Crippen molar-refractivity contribution >= 4 is 66.7 Å². The summed E-state index contributed by atoms with van der Waals surface area (Å²) < 4.78 is 11.5. The number of hydrogen-bond acceptors (Lipinski definition) is 6. The monoisotopic (exact) mass is 464 g/mol. The van der Waals surface area contributed by atoms with Gasteiger partial charge in [0.2, 0.25) is 0 Å². The Morgan fingerprint density at radius 2 is 1.09 bits per heavy atom. The Labute approximate surface area is 197 Å². The van der Waals surface area contributed by atoms with Crippen LogP contribution in [0.15, 0.2) is 36.4 Å². The summed E-state index contributed by atoms with van der Waals surface area (Å²) in [7, 11) is 4.48. The zero-order valence-corrected chi connectivity index (χ0v) is 18.9. The molecular weight excluding hydrogens is 448 g/mol. The number of nitrogens with one attached hydrogen (secondary N) is 1. The van der Waals surface area contributed by atoms with E-state index >= 15 is 0 Å². The molecule has 0 spiro atoms. The first-order chi connectivity index (χ1) is 16.9. The van der Waals surface area contributed by atoms with Crippen molar-refractivity contribution in [2.75, 3.05) is 21.3 Å². The number of carbonyl (C=O) groups is 4. The standard InChI is InChI=1S/C27H16N2O6/c1-29-26(32)13-7-5-11-10-4-6-12-18-14(25(31)28-24(12)30)8-16(34-2)22(20(10)18)23-17(35-3)9-15(27(29)33)19(13)21(11)23/h4-9H,1-3H3,(H,28,30,31). The highest BCUT2D eigenvalue weighted by atomic mass is 16.5. The van der Waals surface area contributed by atoms with Gasteiger partial charge in [0.15, 0.2) is 0 Å². The van der Waals surface area contributed by atoms with Crippen molar-refractivity contribution in [3.8, 4) is 11.5 Å². The van der Waals surface area contributed by atoms with Crippen LogP contribution in [-0.4, -0.2) is 49.8 Å². The predicted molar refractivity (Wildman–Crippen MR) is 129 cm³/mol. The Hall–Kier alpha value is -4.72. The minimum atomic E-state index is -0.494. The molecule has 0 radical (unpaired) electrons. The molecule has 2 aliphatic heterocycles. The second-order valence-electron chi connectivity index (χ2n) is 8.78. The molecule has 2 heterocycles. The SMILES string of the molecule is COc1cc2c3c(ccc4c5ccc6c7c(cc(OC)c(c1c34)c75)C(=O)N(C)C6=O)C(=O)NC2=O. The number of methoxy groups -OCH3 is 2. The lowest BCUT2D eigenvalue weighted by atomic mass is 9.81. The zero-order chi connectivity index (χ0) is 24.3. The minimum Gasteiger partial charge on any atom is -0.496 e. The summed E-state index contributed by atoms with van der Waals surface area (Å²) in [6.07, 6.45) is 0. The largest absolute Gasteiger partial charge is 0.496 e. The summed E-state index contributed by atoms with van der Waals surface area (Å²) in [5, 5.41) is 7.74. The number of fused-ring (bicyclic) bond motifs is 2. The van der Waals surface area contributed by atoms with Gasteiger partial charge in [-0.2, -0.15) is 0 Å². The number of ether oxygens (including phenoxy) is 2. The van der Waals surface area contributed by atoms with Gasteiger partial charge in [0.25, 0.3) is 23.6 Å². The molecule has 7 rings (SSSR count). The number of rotatable bonds is 2. The van der Waals surface area contributed by atoms with Crippen LogP contribution in [0.25, 0.3) is 43.1 Å². The molecule has 0 fully saturated rings. The highest BCUT2D eigenvalue weighted by molar-refractivity contribution is 6.43. The topological polar surface area (TPSA) is 102 Å². The number of amides is 4. The van der Waals surface area contributed by atoms with Crippen LogP contribution in [0.2, 0.25) is 0 Å². The van der Waals surface area contributed by atoms with Gasteiger partial charge >= 0.3 is 0 Å². The van der Waals surface area contributed by atoms with E-state index in [9.17, 15) is 19.2 Å². The molecule has 8 heteroatoms. The Morgan fingerprint density at radius 3 is 1.69 bits per heavy atom. The van der Waals surface area contributed by atoms with E-state index in [0.29, 0.717) is 66.1 Å². The maximum absolute atomic E-state index is 13.1. The zero-order valence-electron chi connectivity index (χ0n) is 18.9. The average molecular weight is 464 g/mol. The lowest BCUT2D eigenvalue weighted by molar-refractivity contribution is 0.0649. The Morgan fingerprint density at radius 1 is 0.600 bits per heavy atom.